The summed E-state index contributed by atoms with van der Waals surface area (Å²) in [6.45, 7) is 4.04. The van der Waals surface area contributed by atoms with Gasteiger partial charge < -0.3 is 5.73 Å². The zero-order valence-corrected chi connectivity index (χ0v) is 10.2. The number of nitrogens with zero attached hydrogens (tertiary/aromatic N) is 2. The van der Waals surface area contributed by atoms with Crippen LogP contribution in [0.15, 0.2) is 28.7 Å². The lowest BCUT2D eigenvalue weighted by Crippen LogP contribution is -1.99. The zero-order chi connectivity index (χ0) is 11.0. The van der Waals surface area contributed by atoms with Gasteiger partial charge in [0.25, 0.3) is 0 Å². The predicted octanol–water partition coefficient (Wildman–Crippen LogP) is 2.83. The molecule has 2 aromatic rings. The Morgan fingerprint density at radius 1 is 1.20 bits per heavy atom. The molecule has 0 bridgehead atoms. The minimum absolute atomic E-state index is 0.546. The van der Waals surface area contributed by atoms with Crippen LogP contribution < -0.4 is 5.73 Å². The Hall–Kier alpha value is -1.29. The number of anilines is 1. The molecule has 0 aliphatic carbocycles. The standard InChI is InChI=1S/C11H12BrN3/c1-7-3-9(12)6-10(4-7)15-8(2)5-11(13)14-15/h3-6H,1-2H3,(H2,13,14). The van der Waals surface area contributed by atoms with Crippen LogP contribution in [0, 0.1) is 13.8 Å². The number of halogens is 1. The molecule has 1 heterocycles. The Bertz CT molecular complexity index is 482. The van der Waals surface area contributed by atoms with Crippen LogP contribution in [0.4, 0.5) is 5.82 Å². The fraction of sp³-hybridized carbons (Fsp3) is 0.182. The van der Waals surface area contributed by atoms with Gasteiger partial charge in [0.1, 0.15) is 5.82 Å². The lowest BCUT2D eigenvalue weighted by atomic mass is 10.2. The number of aryl methyl sites for hydroxylation is 2. The summed E-state index contributed by atoms with van der Waals surface area (Å²) in [6.07, 6.45) is 0. The minimum atomic E-state index is 0.546. The number of aromatic nitrogens is 2. The van der Waals surface area contributed by atoms with Crippen LogP contribution >= 0.6 is 15.9 Å². The number of benzene rings is 1. The van der Waals surface area contributed by atoms with Gasteiger partial charge in [-0.25, -0.2) is 4.68 Å². The van der Waals surface area contributed by atoms with Gasteiger partial charge in [-0.2, -0.15) is 5.10 Å². The Balaban J connectivity index is 2.58. The highest BCUT2D eigenvalue weighted by Crippen LogP contribution is 2.20. The molecular weight excluding hydrogens is 254 g/mol. The van der Waals surface area contributed by atoms with Crippen molar-refractivity contribution in [1.29, 1.82) is 0 Å². The molecule has 0 radical (unpaired) electrons. The second kappa shape index (κ2) is 3.70. The third-order valence-electron chi connectivity index (χ3n) is 2.18. The lowest BCUT2D eigenvalue weighted by Gasteiger charge is -2.06. The lowest BCUT2D eigenvalue weighted by molar-refractivity contribution is 0.849. The highest BCUT2D eigenvalue weighted by molar-refractivity contribution is 9.10. The summed E-state index contributed by atoms with van der Waals surface area (Å²) in [7, 11) is 0. The molecule has 0 amide bonds. The molecule has 78 valence electrons. The van der Waals surface area contributed by atoms with E-state index in [0.29, 0.717) is 5.82 Å². The van der Waals surface area contributed by atoms with Crippen LogP contribution in [0.1, 0.15) is 11.3 Å². The maximum atomic E-state index is 5.65. The first-order valence-electron chi connectivity index (χ1n) is 4.66. The van der Waals surface area contributed by atoms with Crippen molar-refractivity contribution in [3.8, 4) is 5.69 Å². The van der Waals surface area contributed by atoms with E-state index in [4.69, 9.17) is 5.73 Å². The molecule has 15 heavy (non-hydrogen) atoms. The Morgan fingerprint density at radius 2 is 1.93 bits per heavy atom. The average molecular weight is 266 g/mol. The topological polar surface area (TPSA) is 43.8 Å². The third-order valence-corrected chi connectivity index (χ3v) is 2.64. The molecule has 1 aromatic heterocycles. The molecule has 0 aliphatic rings. The fourth-order valence-electron chi connectivity index (χ4n) is 1.60. The fourth-order valence-corrected chi connectivity index (χ4v) is 2.19. The van der Waals surface area contributed by atoms with E-state index < -0.39 is 0 Å². The van der Waals surface area contributed by atoms with Gasteiger partial charge >= 0.3 is 0 Å². The minimum Gasteiger partial charge on any atom is -0.382 e. The summed E-state index contributed by atoms with van der Waals surface area (Å²) in [6, 6.07) is 8.01. The molecule has 2 N–H and O–H groups in total. The molecule has 0 saturated heterocycles. The Labute approximate surface area is 97.0 Å². The summed E-state index contributed by atoms with van der Waals surface area (Å²) < 4.78 is 2.89. The first-order chi connectivity index (χ1) is 7.06. The second-order valence-electron chi connectivity index (χ2n) is 3.61. The van der Waals surface area contributed by atoms with Crippen LogP contribution in [0.5, 0.6) is 0 Å². The Kier molecular flexibility index (Phi) is 2.52. The highest BCUT2D eigenvalue weighted by atomic mass is 79.9. The third kappa shape index (κ3) is 2.04. The van der Waals surface area contributed by atoms with Crippen LogP contribution in [0.3, 0.4) is 0 Å². The van der Waals surface area contributed by atoms with Crippen LogP contribution in [0.25, 0.3) is 5.69 Å². The number of hydrogen-bond donors (Lipinski definition) is 1. The molecule has 0 saturated carbocycles. The van der Waals surface area contributed by atoms with Gasteiger partial charge in [-0.3, -0.25) is 0 Å². The predicted molar refractivity (Wildman–Crippen MR) is 65.2 cm³/mol. The molecule has 3 nitrogen and oxygen atoms in total. The van der Waals surface area contributed by atoms with Gasteiger partial charge in [0.15, 0.2) is 0 Å². The van der Waals surface area contributed by atoms with Crippen molar-refractivity contribution in [2.24, 2.45) is 0 Å². The summed E-state index contributed by atoms with van der Waals surface area (Å²) in [5.74, 6) is 0.546. The average Bonchev–Trinajstić information content (AvgIpc) is 2.43. The van der Waals surface area contributed by atoms with E-state index in [0.717, 1.165) is 15.9 Å². The maximum absolute atomic E-state index is 5.65. The SMILES string of the molecule is Cc1cc(Br)cc(-n2nc(N)cc2C)c1. The van der Waals surface area contributed by atoms with Crippen LogP contribution in [-0.4, -0.2) is 9.78 Å². The van der Waals surface area contributed by atoms with Crippen molar-refractivity contribution >= 4 is 21.7 Å². The molecule has 0 aliphatic heterocycles. The van der Waals surface area contributed by atoms with E-state index in [-0.39, 0.29) is 0 Å². The van der Waals surface area contributed by atoms with Gasteiger partial charge in [-0.05, 0) is 37.6 Å². The van der Waals surface area contributed by atoms with Gasteiger partial charge in [0.05, 0.1) is 5.69 Å². The summed E-state index contributed by atoms with van der Waals surface area (Å²) >= 11 is 3.47. The second-order valence-corrected chi connectivity index (χ2v) is 4.52. The van der Waals surface area contributed by atoms with Gasteiger partial charge in [-0.1, -0.05) is 15.9 Å². The number of nitrogen functional groups attached to an aromatic ring is 1. The van der Waals surface area contributed by atoms with E-state index >= 15 is 0 Å². The Morgan fingerprint density at radius 3 is 2.47 bits per heavy atom. The molecule has 1 aromatic carbocycles. The molecule has 0 fully saturated rings. The van der Waals surface area contributed by atoms with Crippen molar-refractivity contribution in [2.75, 3.05) is 5.73 Å². The van der Waals surface area contributed by atoms with Crippen molar-refractivity contribution in [3.63, 3.8) is 0 Å². The van der Waals surface area contributed by atoms with E-state index in [2.05, 4.69) is 40.1 Å². The first kappa shape index (κ1) is 10.2. The van der Waals surface area contributed by atoms with Crippen LogP contribution in [-0.2, 0) is 0 Å². The molecular formula is C11H12BrN3. The summed E-state index contributed by atoms with van der Waals surface area (Å²) in [5.41, 5.74) is 8.89. The summed E-state index contributed by atoms with van der Waals surface area (Å²) in [4.78, 5) is 0. The van der Waals surface area contributed by atoms with E-state index in [9.17, 15) is 0 Å². The maximum Gasteiger partial charge on any atom is 0.146 e. The normalized spacial score (nSPS) is 10.6. The highest BCUT2D eigenvalue weighted by Gasteiger charge is 2.05. The van der Waals surface area contributed by atoms with Crippen molar-refractivity contribution in [1.82, 2.24) is 9.78 Å². The summed E-state index contributed by atoms with van der Waals surface area (Å²) in [5, 5.41) is 4.24. The van der Waals surface area contributed by atoms with Crippen molar-refractivity contribution in [3.05, 3.63) is 40.0 Å². The molecule has 0 spiro atoms. The molecule has 0 unspecified atom stereocenters. The molecule has 0 atom stereocenters. The van der Waals surface area contributed by atoms with Crippen molar-refractivity contribution in [2.45, 2.75) is 13.8 Å². The first-order valence-corrected chi connectivity index (χ1v) is 5.45. The smallest absolute Gasteiger partial charge is 0.146 e. The quantitative estimate of drug-likeness (QED) is 0.862. The van der Waals surface area contributed by atoms with E-state index in [1.165, 1.54) is 5.56 Å². The number of rotatable bonds is 1. The number of hydrogen-bond acceptors (Lipinski definition) is 2. The number of nitrogens with two attached hydrogens (primary N) is 1. The van der Waals surface area contributed by atoms with Gasteiger partial charge in [0.2, 0.25) is 0 Å². The van der Waals surface area contributed by atoms with E-state index in [1.54, 1.807) is 0 Å². The monoisotopic (exact) mass is 265 g/mol. The van der Waals surface area contributed by atoms with Crippen molar-refractivity contribution < 1.29 is 0 Å². The van der Waals surface area contributed by atoms with E-state index in [1.807, 2.05) is 23.7 Å². The molecule has 4 heteroatoms. The largest absolute Gasteiger partial charge is 0.382 e. The zero-order valence-electron chi connectivity index (χ0n) is 8.66. The molecule has 2 rings (SSSR count). The van der Waals surface area contributed by atoms with Crippen LogP contribution in [0.2, 0.25) is 0 Å². The van der Waals surface area contributed by atoms with Gasteiger partial charge in [-0.15, -0.1) is 0 Å². The van der Waals surface area contributed by atoms with Gasteiger partial charge in [0, 0.05) is 16.2 Å².